The van der Waals surface area contributed by atoms with E-state index in [1.165, 1.54) is 5.56 Å². The van der Waals surface area contributed by atoms with Crippen molar-refractivity contribution in [3.05, 3.63) is 29.7 Å². The average molecular weight is 175 g/mol. The minimum atomic E-state index is 0.830. The molecule has 0 aliphatic carbocycles. The Morgan fingerprint density at radius 1 is 1.23 bits per heavy atom. The highest BCUT2D eigenvalue weighted by Gasteiger charge is 2.06. The number of fused-ring (bicyclic) bond motifs is 1. The van der Waals surface area contributed by atoms with Gasteiger partial charge in [-0.05, 0) is 18.1 Å². The second-order valence-corrected chi connectivity index (χ2v) is 3.08. The molecule has 0 radical (unpaired) electrons. The minimum Gasteiger partial charge on any atom is -0.441 e. The first-order chi connectivity index (χ1) is 6.35. The first-order valence-electron chi connectivity index (χ1n) is 4.72. The summed E-state index contributed by atoms with van der Waals surface area (Å²) < 4.78 is 5.55. The van der Waals surface area contributed by atoms with Crippen LogP contribution in [0.4, 0.5) is 0 Å². The molecule has 0 fully saturated rings. The van der Waals surface area contributed by atoms with E-state index < -0.39 is 0 Å². The quantitative estimate of drug-likeness (QED) is 0.701. The van der Waals surface area contributed by atoms with Gasteiger partial charge in [0.1, 0.15) is 5.52 Å². The second kappa shape index (κ2) is 3.21. The third-order valence-electron chi connectivity index (χ3n) is 2.23. The molecule has 1 heterocycles. The first-order valence-corrected chi connectivity index (χ1v) is 4.72. The number of para-hydroxylation sites is 1. The summed E-state index contributed by atoms with van der Waals surface area (Å²) in [6.07, 6.45) is 1.87. The molecule has 0 amide bonds. The topological polar surface area (TPSA) is 26.0 Å². The van der Waals surface area contributed by atoms with Crippen LogP contribution in [0.25, 0.3) is 11.1 Å². The summed E-state index contributed by atoms with van der Waals surface area (Å²) in [6.45, 7) is 4.19. The zero-order valence-electron chi connectivity index (χ0n) is 8.00. The van der Waals surface area contributed by atoms with Crippen LogP contribution < -0.4 is 0 Å². The number of aromatic nitrogens is 1. The molecule has 0 saturated carbocycles. The third kappa shape index (κ3) is 1.32. The Morgan fingerprint density at radius 2 is 2.08 bits per heavy atom. The number of aryl methyl sites for hydroxylation is 2. The molecule has 0 N–H and O–H groups in total. The number of oxazole rings is 1. The average Bonchev–Trinajstić information content (AvgIpc) is 2.59. The van der Waals surface area contributed by atoms with Crippen LogP contribution in [0.15, 0.2) is 22.6 Å². The predicted molar refractivity (Wildman–Crippen MR) is 52.8 cm³/mol. The Kier molecular flexibility index (Phi) is 2.05. The van der Waals surface area contributed by atoms with E-state index in [2.05, 4.69) is 24.9 Å². The van der Waals surface area contributed by atoms with E-state index in [1.807, 2.05) is 12.1 Å². The van der Waals surface area contributed by atoms with E-state index in [9.17, 15) is 0 Å². The Balaban J connectivity index is 2.67. The molecule has 2 heteroatoms. The van der Waals surface area contributed by atoms with Gasteiger partial charge in [0.15, 0.2) is 11.5 Å². The van der Waals surface area contributed by atoms with E-state index in [0.717, 1.165) is 29.8 Å². The van der Waals surface area contributed by atoms with E-state index in [4.69, 9.17) is 4.42 Å². The lowest BCUT2D eigenvalue weighted by atomic mass is 10.1. The molecule has 2 rings (SSSR count). The summed E-state index contributed by atoms with van der Waals surface area (Å²) in [6, 6.07) is 6.09. The summed E-state index contributed by atoms with van der Waals surface area (Å²) in [5, 5.41) is 0. The molecule has 0 saturated heterocycles. The highest BCUT2D eigenvalue weighted by molar-refractivity contribution is 5.76. The second-order valence-electron chi connectivity index (χ2n) is 3.08. The van der Waals surface area contributed by atoms with Gasteiger partial charge in [0.2, 0.25) is 0 Å². The minimum absolute atomic E-state index is 0.830. The SMILES string of the molecule is CCc1nc2c(CC)cccc2o1. The van der Waals surface area contributed by atoms with Gasteiger partial charge in [-0.1, -0.05) is 26.0 Å². The number of rotatable bonds is 2. The molecule has 0 aliphatic heterocycles. The summed E-state index contributed by atoms with van der Waals surface area (Å²) in [5.74, 6) is 0.830. The Labute approximate surface area is 77.6 Å². The van der Waals surface area contributed by atoms with Crippen molar-refractivity contribution in [3.8, 4) is 0 Å². The standard InChI is InChI=1S/C11H13NO/c1-3-8-6-5-7-9-11(8)12-10(4-2)13-9/h5-7H,3-4H2,1-2H3. The molecule has 0 aliphatic rings. The lowest BCUT2D eigenvalue weighted by molar-refractivity contribution is 0.538. The molecule has 0 bridgehead atoms. The van der Waals surface area contributed by atoms with Crippen LogP contribution in [0.5, 0.6) is 0 Å². The van der Waals surface area contributed by atoms with Gasteiger partial charge < -0.3 is 4.42 Å². The molecule has 2 aromatic rings. The summed E-state index contributed by atoms with van der Waals surface area (Å²) in [5.41, 5.74) is 3.21. The predicted octanol–water partition coefficient (Wildman–Crippen LogP) is 2.95. The van der Waals surface area contributed by atoms with Crippen molar-refractivity contribution in [1.82, 2.24) is 4.98 Å². The lowest BCUT2D eigenvalue weighted by Gasteiger charge is -1.93. The molecule has 1 aromatic carbocycles. The van der Waals surface area contributed by atoms with E-state index in [-0.39, 0.29) is 0 Å². The highest BCUT2D eigenvalue weighted by Crippen LogP contribution is 2.19. The molecule has 13 heavy (non-hydrogen) atoms. The first kappa shape index (κ1) is 8.30. The van der Waals surface area contributed by atoms with Crippen LogP contribution in [0.2, 0.25) is 0 Å². The van der Waals surface area contributed by atoms with Gasteiger partial charge in [-0.3, -0.25) is 0 Å². The lowest BCUT2D eigenvalue weighted by Crippen LogP contribution is -1.82. The number of nitrogens with zero attached hydrogens (tertiary/aromatic N) is 1. The van der Waals surface area contributed by atoms with Crippen LogP contribution in [0.1, 0.15) is 25.3 Å². The van der Waals surface area contributed by atoms with Crippen molar-refractivity contribution in [2.24, 2.45) is 0 Å². The molecule has 1 aromatic heterocycles. The van der Waals surface area contributed by atoms with Crippen LogP contribution in [-0.2, 0) is 12.8 Å². The van der Waals surface area contributed by atoms with Gasteiger partial charge in [0, 0.05) is 6.42 Å². The van der Waals surface area contributed by atoms with Crippen LogP contribution >= 0.6 is 0 Å². The monoisotopic (exact) mass is 175 g/mol. The zero-order valence-corrected chi connectivity index (χ0v) is 8.00. The van der Waals surface area contributed by atoms with Crippen molar-refractivity contribution in [1.29, 1.82) is 0 Å². The molecule has 0 unspecified atom stereocenters. The molecule has 0 spiro atoms. The molecule has 2 nitrogen and oxygen atoms in total. The summed E-state index contributed by atoms with van der Waals surface area (Å²) >= 11 is 0. The van der Waals surface area contributed by atoms with Crippen LogP contribution in [0.3, 0.4) is 0 Å². The Bertz CT molecular complexity index is 417. The number of hydrogen-bond donors (Lipinski definition) is 0. The number of benzene rings is 1. The Hall–Kier alpha value is -1.31. The van der Waals surface area contributed by atoms with Gasteiger partial charge in [0.25, 0.3) is 0 Å². The van der Waals surface area contributed by atoms with Crippen molar-refractivity contribution in [2.75, 3.05) is 0 Å². The molecule has 68 valence electrons. The van der Waals surface area contributed by atoms with Gasteiger partial charge >= 0.3 is 0 Å². The molecule has 0 atom stereocenters. The fourth-order valence-electron chi connectivity index (χ4n) is 1.49. The van der Waals surface area contributed by atoms with Gasteiger partial charge in [-0.2, -0.15) is 0 Å². The highest BCUT2D eigenvalue weighted by atomic mass is 16.3. The van der Waals surface area contributed by atoms with Crippen molar-refractivity contribution in [3.63, 3.8) is 0 Å². The van der Waals surface area contributed by atoms with E-state index in [1.54, 1.807) is 0 Å². The van der Waals surface area contributed by atoms with E-state index in [0.29, 0.717) is 0 Å². The van der Waals surface area contributed by atoms with Gasteiger partial charge in [0.05, 0.1) is 0 Å². The number of hydrogen-bond acceptors (Lipinski definition) is 2. The fraction of sp³-hybridized carbons (Fsp3) is 0.364. The fourth-order valence-corrected chi connectivity index (χ4v) is 1.49. The van der Waals surface area contributed by atoms with E-state index >= 15 is 0 Å². The smallest absolute Gasteiger partial charge is 0.195 e. The van der Waals surface area contributed by atoms with Crippen LogP contribution in [-0.4, -0.2) is 4.98 Å². The van der Waals surface area contributed by atoms with Crippen molar-refractivity contribution < 1.29 is 4.42 Å². The van der Waals surface area contributed by atoms with Crippen molar-refractivity contribution in [2.45, 2.75) is 26.7 Å². The largest absolute Gasteiger partial charge is 0.441 e. The van der Waals surface area contributed by atoms with Crippen molar-refractivity contribution >= 4 is 11.1 Å². The summed E-state index contributed by atoms with van der Waals surface area (Å²) in [7, 11) is 0. The van der Waals surface area contributed by atoms with Gasteiger partial charge in [-0.25, -0.2) is 4.98 Å². The van der Waals surface area contributed by atoms with Gasteiger partial charge in [-0.15, -0.1) is 0 Å². The normalized spacial score (nSPS) is 10.9. The van der Waals surface area contributed by atoms with Crippen LogP contribution in [0, 0.1) is 0 Å². The maximum absolute atomic E-state index is 5.55. The molecular weight excluding hydrogens is 162 g/mol. The summed E-state index contributed by atoms with van der Waals surface area (Å²) in [4.78, 5) is 4.44. The molecular formula is C11H13NO. The maximum Gasteiger partial charge on any atom is 0.195 e. The zero-order chi connectivity index (χ0) is 9.26. The maximum atomic E-state index is 5.55. The third-order valence-corrected chi connectivity index (χ3v) is 2.23. The Morgan fingerprint density at radius 3 is 2.77 bits per heavy atom.